The maximum atomic E-state index is 5.65. The first-order chi connectivity index (χ1) is 6.31. The van der Waals surface area contributed by atoms with Crippen molar-refractivity contribution in [2.75, 3.05) is 12.8 Å². The highest BCUT2D eigenvalue weighted by atomic mass is 16.5. The van der Waals surface area contributed by atoms with Gasteiger partial charge < -0.3 is 10.5 Å². The van der Waals surface area contributed by atoms with Crippen LogP contribution in [0.4, 0.5) is 5.82 Å². The first-order valence-electron chi connectivity index (χ1n) is 3.89. The normalized spacial score (nSPS) is 10.8. The van der Waals surface area contributed by atoms with Gasteiger partial charge in [0.2, 0.25) is 0 Å². The lowest BCUT2D eigenvalue weighted by atomic mass is 10.4. The van der Waals surface area contributed by atoms with Crippen LogP contribution in [0.25, 0.3) is 5.52 Å². The summed E-state index contributed by atoms with van der Waals surface area (Å²) < 4.78 is 6.65. The Bertz CT molecular complexity index is 423. The highest BCUT2D eigenvalue weighted by molar-refractivity contribution is 5.64. The van der Waals surface area contributed by atoms with Gasteiger partial charge in [0.05, 0.1) is 12.3 Å². The minimum atomic E-state index is 0.484. The quantitative estimate of drug-likeness (QED) is 0.725. The van der Waals surface area contributed by atoms with Crippen LogP contribution in [0, 0.1) is 0 Å². The molecule has 0 atom stereocenters. The van der Waals surface area contributed by atoms with E-state index in [9.17, 15) is 0 Å². The molecule has 0 spiro atoms. The van der Waals surface area contributed by atoms with Crippen LogP contribution in [-0.2, 0) is 11.3 Å². The van der Waals surface area contributed by atoms with Crippen molar-refractivity contribution in [3.8, 4) is 0 Å². The molecule has 0 aromatic carbocycles. The van der Waals surface area contributed by atoms with Crippen molar-refractivity contribution < 1.29 is 4.74 Å². The molecule has 0 amide bonds. The maximum absolute atomic E-state index is 5.65. The lowest BCUT2D eigenvalue weighted by Crippen LogP contribution is -1.95. The van der Waals surface area contributed by atoms with E-state index in [4.69, 9.17) is 10.5 Å². The molecular formula is C8H10N4O. The number of hydrogen-bond donors (Lipinski definition) is 1. The second-order valence-corrected chi connectivity index (χ2v) is 2.71. The molecule has 5 heteroatoms. The smallest absolute Gasteiger partial charge is 0.149 e. The van der Waals surface area contributed by atoms with E-state index >= 15 is 0 Å². The molecule has 68 valence electrons. The molecule has 0 fully saturated rings. The van der Waals surface area contributed by atoms with Crippen LogP contribution >= 0.6 is 0 Å². The van der Waals surface area contributed by atoms with Crippen LogP contribution in [0.2, 0.25) is 0 Å². The summed E-state index contributed by atoms with van der Waals surface area (Å²) >= 11 is 0. The topological polar surface area (TPSA) is 65.4 Å². The number of nitrogens with zero attached hydrogens (tertiary/aromatic N) is 3. The molecule has 0 unspecified atom stereocenters. The molecule has 0 radical (unpaired) electrons. The first-order valence-corrected chi connectivity index (χ1v) is 3.89. The number of ether oxygens (including phenoxy) is 1. The summed E-state index contributed by atoms with van der Waals surface area (Å²) in [5, 5.41) is 4.23. The molecule has 13 heavy (non-hydrogen) atoms. The largest absolute Gasteiger partial charge is 0.382 e. The molecule has 0 aliphatic rings. The summed E-state index contributed by atoms with van der Waals surface area (Å²) in [7, 11) is 1.63. The predicted octanol–water partition coefficient (Wildman–Crippen LogP) is 0.458. The molecular weight excluding hydrogens is 168 g/mol. The average molecular weight is 178 g/mol. The lowest BCUT2D eigenvalue weighted by molar-refractivity contribution is 0.181. The van der Waals surface area contributed by atoms with E-state index in [2.05, 4.69) is 10.1 Å². The van der Waals surface area contributed by atoms with Crippen molar-refractivity contribution >= 4 is 11.3 Å². The van der Waals surface area contributed by atoms with E-state index in [1.807, 2.05) is 6.07 Å². The van der Waals surface area contributed by atoms with Crippen LogP contribution in [0.3, 0.4) is 0 Å². The molecule has 0 aliphatic heterocycles. The number of rotatable bonds is 2. The van der Waals surface area contributed by atoms with Crippen LogP contribution in [0.15, 0.2) is 18.5 Å². The summed E-state index contributed by atoms with van der Waals surface area (Å²) in [5.41, 5.74) is 7.32. The Hall–Kier alpha value is -1.62. The molecule has 2 aromatic rings. The number of methoxy groups -OCH3 is 1. The fourth-order valence-corrected chi connectivity index (χ4v) is 1.21. The Balaban J connectivity index is 2.55. The molecule has 0 saturated heterocycles. The van der Waals surface area contributed by atoms with Gasteiger partial charge in [0.25, 0.3) is 0 Å². The summed E-state index contributed by atoms with van der Waals surface area (Å²) in [6.07, 6.45) is 3.37. The predicted molar refractivity (Wildman–Crippen MR) is 48.1 cm³/mol. The molecule has 5 nitrogen and oxygen atoms in total. The third-order valence-electron chi connectivity index (χ3n) is 1.76. The van der Waals surface area contributed by atoms with Crippen molar-refractivity contribution in [2.45, 2.75) is 6.61 Å². The Morgan fingerprint density at radius 1 is 1.62 bits per heavy atom. The lowest BCUT2D eigenvalue weighted by Gasteiger charge is -1.93. The zero-order valence-corrected chi connectivity index (χ0v) is 7.27. The molecule has 0 saturated carbocycles. The summed E-state index contributed by atoms with van der Waals surface area (Å²) in [5.74, 6) is 0.484. The summed E-state index contributed by atoms with van der Waals surface area (Å²) in [6.45, 7) is 0.487. The standard InChI is InChI=1S/C8H10N4O/c1-13-5-6-4-7-8(9)10-2-3-12(7)11-6/h2-4H,5H2,1H3,(H2,9,10). The van der Waals surface area contributed by atoms with E-state index in [-0.39, 0.29) is 0 Å². The summed E-state index contributed by atoms with van der Waals surface area (Å²) in [6, 6.07) is 1.87. The Labute approximate surface area is 75.1 Å². The van der Waals surface area contributed by atoms with Gasteiger partial charge in [0.1, 0.15) is 11.3 Å². The van der Waals surface area contributed by atoms with Gasteiger partial charge >= 0.3 is 0 Å². The average Bonchev–Trinajstić information content (AvgIpc) is 2.49. The minimum absolute atomic E-state index is 0.484. The van der Waals surface area contributed by atoms with Crippen molar-refractivity contribution in [2.24, 2.45) is 0 Å². The van der Waals surface area contributed by atoms with E-state index < -0.39 is 0 Å². The SMILES string of the molecule is COCc1cc2c(N)nccn2n1. The van der Waals surface area contributed by atoms with Gasteiger partial charge in [-0.25, -0.2) is 9.50 Å². The number of anilines is 1. The zero-order valence-electron chi connectivity index (χ0n) is 7.27. The summed E-state index contributed by atoms with van der Waals surface area (Å²) in [4.78, 5) is 3.96. The van der Waals surface area contributed by atoms with E-state index in [1.54, 1.807) is 24.0 Å². The Kier molecular flexibility index (Phi) is 1.86. The van der Waals surface area contributed by atoms with Crippen LogP contribution < -0.4 is 5.73 Å². The first kappa shape index (κ1) is 8.00. The number of hydrogen-bond acceptors (Lipinski definition) is 4. The van der Waals surface area contributed by atoms with E-state index in [0.717, 1.165) is 11.2 Å². The van der Waals surface area contributed by atoms with Gasteiger partial charge in [-0.2, -0.15) is 5.10 Å². The van der Waals surface area contributed by atoms with Crippen LogP contribution in [-0.4, -0.2) is 21.7 Å². The number of fused-ring (bicyclic) bond motifs is 1. The van der Waals surface area contributed by atoms with Crippen molar-refractivity contribution in [3.63, 3.8) is 0 Å². The fraction of sp³-hybridized carbons (Fsp3) is 0.250. The number of nitrogen functional groups attached to an aromatic ring is 1. The van der Waals surface area contributed by atoms with Crippen molar-refractivity contribution in [1.29, 1.82) is 0 Å². The molecule has 2 N–H and O–H groups in total. The van der Waals surface area contributed by atoms with Gasteiger partial charge in [-0.15, -0.1) is 0 Å². The van der Waals surface area contributed by atoms with Crippen molar-refractivity contribution in [3.05, 3.63) is 24.2 Å². The number of aromatic nitrogens is 3. The highest BCUT2D eigenvalue weighted by Crippen LogP contribution is 2.11. The van der Waals surface area contributed by atoms with Crippen molar-refractivity contribution in [1.82, 2.24) is 14.6 Å². The third kappa shape index (κ3) is 1.33. The molecule has 0 bridgehead atoms. The maximum Gasteiger partial charge on any atom is 0.149 e. The van der Waals surface area contributed by atoms with Gasteiger partial charge in [-0.3, -0.25) is 0 Å². The van der Waals surface area contributed by atoms with E-state index in [0.29, 0.717) is 12.4 Å². The monoisotopic (exact) mass is 178 g/mol. The van der Waals surface area contributed by atoms with Gasteiger partial charge in [0, 0.05) is 19.5 Å². The van der Waals surface area contributed by atoms with Crippen LogP contribution in [0.5, 0.6) is 0 Å². The number of nitrogens with two attached hydrogens (primary N) is 1. The second-order valence-electron chi connectivity index (χ2n) is 2.71. The molecule has 0 aliphatic carbocycles. The molecule has 2 rings (SSSR count). The third-order valence-corrected chi connectivity index (χ3v) is 1.76. The van der Waals surface area contributed by atoms with Gasteiger partial charge in [-0.05, 0) is 6.07 Å². The fourth-order valence-electron chi connectivity index (χ4n) is 1.21. The Morgan fingerprint density at radius 3 is 3.15 bits per heavy atom. The zero-order chi connectivity index (χ0) is 9.26. The second kappa shape index (κ2) is 3.02. The molecule has 2 aromatic heterocycles. The Morgan fingerprint density at radius 2 is 2.46 bits per heavy atom. The minimum Gasteiger partial charge on any atom is -0.382 e. The van der Waals surface area contributed by atoms with Gasteiger partial charge in [-0.1, -0.05) is 0 Å². The van der Waals surface area contributed by atoms with E-state index in [1.165, 1.54) is 0 Å². The highest BCUT2D eigenvalue weighted by Gasteiger charge is 2.03. The molecule has 2 heterocycles. The van der Waals surface area contributed by atoms with Gasteiger partial charge in [0.15, 0.2) is 0 Å². The van der Waals surface area contributed by atoms with Crippen LogP contribution in [0.1, 0.15) is 5.69 Å².